The third-order valence-corrected chi connectivity index (χ3v) is 4.33. The quantitative estimate of drug-likeness (QED) is 0.817. The van der Waals surface area contributed by atoms with Gasteiger partial charge in [-0.25, -0.2) is 0 Å². The van der Waals surface area contributed by atoms with Gasteiger partial charge in [-0.1, -0.05) is 49.6 Å². The minimum absolute atomic E-state index is 0.535. The molecule has 1 fully saturated rings. The summed E-state index contributed by atoms with van der Waals surface area (Å²) in [5.74, 6) is 1.39. The fourth-order valence-electron chi connectivity index (χ4n) is 2.76. The lowest BCUT2D eigenvalue weighted by molar-refractivity contribution is 0.318. The van der Waals surface area contributed by atoms with Crippen LogP contribution in [0.3, 0.4) is 0 Å². The van der Waals surface area contributed by atoms with Gasteiger partial charge in [-0.3, -0.25) is 0 Å². The highest BCUT2D eigenvalue weighted by Crippen LogP contribution is 2.31. The summed E-state index contributed by atoms with van der Waals surface area (Å²) in [5.41, 5.74) is 16.4. The van der Waals surface area contributed by atoms with Gasteiger partial charge < -0.3 is 11.5 Å². The average molecular weight is 270 g/mol. The summed E-state index contributed by atoms with van der Waals surface area (Å²) < 4.78 is 0. The number of benzene rings is 1. The van der Waals surface area contributed by atoms with Crippen LogP contribution in [0.25, 0.3) is 5.70 Å². The van der Waals surface area contributed by atoms with Crippen molar-refractivity contribution in [1.29, 1.82) is 0 Å². The van der Waals surface area contributed by atoms with Crippen molar-refractivity contribution in [2.45, 2.75) is 39.5 Å². The molecule has 1 aromatic carbocycles. The summed E-state index contributed by atoms with van der Waals surface area (Å²) in [6, 6.07) is 8.25. The SMILES string of the molecule is Cc1ccc(/C(N)=C/C=C(\N)C2CCC(C)CC2)cc1. The summed E-state index contributed by atoms with van der Waals surface area (Å²) >= 11 is 0. The van der Waals surface area contributed by atoms with Crippen LogP contribution in [0.4, 0.5) is 0 Å². The van der Waals surface area contributed by atoms with Crippen LogP contribution in [0.15, 0.2) is 42.1 Å². The van der Waals surface area contributed by atoms with Crippen molar-refractivity contribution in [3.8, 4) is 0 Å². The van der Waals surface area contributed by atoms with Gasteiger partial charge in [0.1, 0.15) is 0 Å². The summed E-state index contributed by atoms with van der Waals surface area (Å²) in [7, 11) is 0. The van der Waals surface area contributed by atoms with Gasteiger partial charge in [0, 0.05) is 11.4 Å². The fraction of sp³-hybridized carbons (Fsp3) is 0.444. The number of hydrogen-bond acceptors (Lipinski definition) is 2. The Morgan fingerprint density at radius 1 is 1.00 bits per heavy atom. The zero-order valence-electron chi connectivity index (χ0n) is 12.6. The van der Waals surface area contributed by atoms with Crippen molar-refractivity contribution < 1.29 is 0 Å². The number of hydrogen-bond donors (Lipinski definition) is 2. The lowest BCUT2D eigenvalue weighted by Gasteiger charge is -2.26. The van der Waals surface area contributed by atoms with E-state index in [4.69, 9.17) is 11.5 Å². The molecule has 0 amide bonds. The minimum atomic E-state index is 0.535. The normalized spacial score (nSPS) is 24.7. The molecule has 0 aliphatic heterocycles. The molecule has 0 aromatic heterocycles. The zero-order valence-corrected chi connectivity index (χ0v) is 12.6. The fourth-order valence-corrected chi connectivity index (χ4v) is 2.76. The molecule has 0 atom stereocenters. The first-order valence-corrected chi connectivity index (χ1v) is 7.56. The predicted octanol–water partition coefficient (Wildman–Crippen LogP) is 3.96. The number of nitrogens with two attached hydrogens (primary N) is 2. The van der Waals surface area contributed by atoms with Crippen LogP contribution in [0.1, 0.15) is 43.7 Å². The van der Waals surface area contributed by atoms with Crippen LogP contribution in [-0.2, 0) is 0 Å². The van der Waals surface area contributed by atoms with E-state index in [2.05, 4.69) is 26.0 Å². The molecule has 0 radical (unpaired) electrons. The molecule has 0 spiro atoms. The Balaban J connectivity index is 2.02. The summed E-state index contributed by atoms with van der Waals surface area (Å²) in [6.45, 7) is 4.40. The third kappa shape index (κ3) is 3.89. The first-order valence-electron chi connectivity index (χ1n) is 7.56. The van der Waals surface area contributed by atoms with E-state index in [1.807, 2.05) is 24.3 Å². The summed E-state index contributed by atoms with van der Waals surface area (Å²) in [5, 5.41) is 0. The summed E-state index contributed by atoms with van der Waals surface area (Å²) in [4.78, 5) is 0. The Bertz CT molecular complexity index is 489. The Morgan fingerprint density at radius 3 is 2.20 bits per heavy atom. The highest BCUT2D eigenvalue weighted by molar-refractivity contribution is 5.64. The highest BCUT2D eigenvalue weighted by Gasteiger charge is 2.19. The van der Waals surface area contributed by atoms with Gasteiger partial charge in [0.25, 0.3) is 0 Å². The van der Waals surface area contributed by atoms with Gasteiger partial charge in [-0.15, -0.1) is 0 Å². The van der Waals surface area contributed by atoms with Gasteiger partial charge in [-0.2, -0.15) is 0 Å². The molecule has 0 unspecified atom stereocenters. The van der Waals surface area contributed by atoms with E-state index in [0.717, 1.165) is 22.9 Å². The van der Waals surface area contributed by atoms with Gasteiger partial charge in [0.05, 0.1) is 0 Å². The Morgan fingerprint density at radius 2 is 1.60 bits per heavy atom. The number of aryl methyl sites for hydroxylation is 1. The van der Waals surface area contributed by atoms with Gasteiger partial charge in [-0.05, 0) is 49.3 Å². The smallest absolute Gasteiger partial charge is 0.0388 e. The molecular formula is C18H26N2. The van der Waals surface area contributed by atoms with Crippen molar-refractivity contribution in [1.82, 2.24) is 0 Å². The molecule has 1 aliphatic rings. The number of allylic oxidation sites excluding steroid dienone is 3. The average Bonchev–Trinajstić information content (AvgIpc) is 2.46. The largest absolute Gasteiger partial charge is 0.402 e. The lowest BCUT2D eigenvalue weighted by Crippen LogP contribution is -2.18. The van der Waals surface area contributed by atoms with E-state index < -0.39 is 0 Å². The monoisotopic (exact) mass is 270 g/mol. The van der Waals surface area contributed by atoms with Crippen molar-refractivity contribution in [2.75, 3.05) is 0 Å². The molecule has 108 valence electrons. The second-order valence-electron chi connectivity index (χ2n) is 6.11. The van der Waals surface area contributed by atoms with Crippen molar-refractivity contribution in [2.24, 2.45) is 23.3 Å². The standard InChI is InChI=1S/C18H26N2/c1-13-3-7-15(8-4-13)17(19)11-12-18(20)16-9-5-14(2)6-10-16/h3-4,7-8,11-12,14,16H,5-6,9-10,19-20H2,1-2H3/b17-11-,18-12-. The molecule has 20 heavy (non-hydrogen) atoms. The predicted molar refractivity (Wildman–Crippen MR) is 86.7 cm³/mol. The van der Waals surface area contributed by atoms with Crippen molar-refractivity contribution >= 4 is 5.70 Å². The van der Waals surface area contributed by atoms with E-state index in [-0.39, 0.29) is 0 Å². The molecular weight excluding hydrogens is 244 g/mol. The molecule has 2 nitrogen and oxygen atoms in total. The molecule has 4 N–H and O–H groups in total. The van der Waals surface area contributed by atoms with Crippen LogP contribution in [0, 0.1) is 18.8 Å². The van der Waals surface area contributed by atoms with E-state index in [9.17, 15) is 0 Å². The Hall–Kier alpha value is -1.70. The second kappa shape index (κ2) is 6.65. The molecule has 2 heteroatoms. The lowest BCUT2D eigenvalue weighted by atomic mass is 9.81. The van der Waals surface area contributed by atoms with E-state index in [1.165, 1.54) is 31.2 Å². The maximum atomic E-state index is 6.21. The van der Waals surface area contributed by atoms with E-state index >= 15 is 0 Å². The Labute approximate surface area is 122 Å². The van der Waals surface area contributed by atoms with Crippen LogP contribution >= 0.6 is 0 Å². The molecule has 2 rings (SSSR count). The first kappa shape index (κ1) is 14.7. The van der Waals surface area contributed by atoms with Gasteiger partial charge in [0.2, 0.25) is 0 Å². The maximum Gasteiger partial charge on any atom is 0.0388 e. The maximum absolute atomic E-state index is 6.21. The van der Waals surface area contributed by atoms with E-state index in [0.29, 0.717) is 5.92 Å². The molecule has 1 saturated carbocycles. The van der Waals surface area contributed by atoms with Crippen molar-refractivity contribution in [3.63, 3.8) is 0 Å². The van der Waals surface area contributed by atoms with E-state index in [1.54, 1.807) is 0 Å². The first-order chi connectivity index (χ1) is 9.56. The third-order valence-electron chi connectivity index (χ3n) is 4.33. The molecule has 1 aliphatic carbocycles. The van der Waals surface area contributed by atoms with Gasteiger partial charge >= 0.3 is 0 Å². The van der Waals surface area contributed by atoms with Crippen LogP contribution < -0.4 is 11.5 Å². The van der Waals surface area contributed by atoms with Crippen LogP contribution in [0.5, 0.6) is 0 Å². The topological polar surface area (TPSA) is 52.0 Å². The molecule has 0 saturated heterocycles. The highest BCUT2D eigenvalue weighted by atomic mass is 14.6. The van der Waals surface area contributed by atoms with Crippen LogP contribution in [0.2, 0.25) is 0 Å². The molecule has 1 aromatic rings. The summed E-state index contributed by atoms with van der Waals surface area (Å²) in [6.07, 6.45) is 8.93. The Kier molecular flexibility index (Phi) is 4.89. The molecule has 0 heterocycles. The number of rotatable bonds is 3. The zero-order chi connectivity index (χ0) is 14.5. The van der Waals surface area contributed by atoms with Crippen LogP contribution in [-0.4, -0.2) is 0 Å². The molecule has 0 bridgehead atoms. The van der Waals surface area contributed by atoms with Gasteiger partial charge in [0.15, 0.2) is 0 Å². The minimum Gasteiger partial charge on any atom is -0.402 e. The van der Waals surface area contributed by atoms with Crippen molar-refractivity contribution in [3.05, 3.63) is 53.2 Å². The second-order valence-corrected chi connectivity index (χ2v) is 6.11.